The van der Waals surface area contributed by atoms with Gasteiger partial charge < -0.3 is 131 Å². The number of thioether (sulfide) groups is 1. The number of likely N-dealkylation sites (N-methyl/N-ethyl adjacent to an activating group) is 2. The Morgan fingerprint density at radius 1 is 0.526 bits per heavy atom. The second-order valence-electron chi connectivity index (χ2n) is 35.5. The van der Waals surface area contributed by atoms with E-state index in [1.165, 1.54) is 54.0 Å². The Labute approximate surface area is 795 Å². The number of aromatic hydroxyl groups is 1. The van der Waals surface area contributed by atoms with E-state index in [-0.39, 0.29) is 89.1 Å². The number of primary amides is 2. The Kier molecular flexibility index (Phi) is 40.0. The molecule has 4 aliphatic heterocycles. The van der Waals surface area contributed by atoms with Crippen LogP contribution in [0.25, 0.3) is 21.8 Å². The molecule has 746 valence electrons. The number of nitrogens with zero attached hydrogens (tertiary/aromatic N) is 6. The maximum absolute atomic E-state index is 16.0. The minimum absolute atomic E-state index is 0.0104. The number of rotatable bonds is 27. The summed E-state index contributed by atoms with van der Waals surface area (Å²) in [5.74, 6) is -20.6. The van der Waals surface area contributed by atoms with Gasteiger partial charge in [0.25, 0.3) is 0 Å². The van der Waals surface area contributed by atoms with E-state index < -0.39 is 273 Å². The third kappa shape index (κ3) is 29.6. The Morgan fingerprint density at radius 3 is 1.72 bits per heavy atom. The fourth-order valence-electron chi connectivity index (χ4n) is 17.7. The third-order valence-electron chi connectivity index (χ3n) is 24.8. The van der Waals surface area contributed by atoms with Crippen molar-refractivity contribution in [2.45, 2.75) is 253 Å². The number of nitrogens with one attached hydrogen (secondary N) is 11. The molecule has 17 amide bonds. The van der Waals surface area contributed by atoms with Crippen LogP contribution in [0.2, 0.25) is 0 Å². The van der Waals surface area contributed by atoms with Gasteiger partial charge >= 0.3 is 11.9 Å². The summed E-state index contributed by atoms with van der Waals surface area (Å²) < 4.78 is 1.42. The first-order valence-electron chi connectivity index (χ1n) is 46.3. The number of nitrogens with two attached hydrogens (primary N) is 4. The monoisotopic (exact) mass is 1930 g/mol. The smallest absolute Gasteiger partial charge is 0.323 e. The number of phenols is 1. The SMILES string of the molecule is CCCC[C@H]1C(=O)N(C)[C@@H](CCCC)C(=O)N[C@@H](CC(C)C)C(=O)N[C@H](C(=O)NCC(N)=O)CSCC(=O)N[C@H](Cc2ccc(O)cc2)C(=O)N2CCCC[C@H]2C(=O)N[C@@H](CC(N)=O)C(=O)N2CCC[C@H]2C(=O)N[C@@H](CN)C(=O)N[C@@H](CCC(=O)O)C(=O)N2C[C@H](O)C[C@H]2C(=O)N[C@@H](Cc2c[nH]c3ccccc23)C(=O)N[C@@H](CCN)C(=O)N[C@@H](Cc2cn(CC(=O)O)c3ccccc23)C(=O)N1C. The zero-order valence-electron chi connectivity index (χ0n) is 77.8. The number of aromatic amines is 1. The summed E-state index contributed by atoms with van der Waals surface area (Å²) in [5, 5.41) is 69.1. The van der Waals surface area contributed by atoms with Crippen LogP contribution in [0, 0.1) is 5.92 Å². The molecule has 0 aliphatic carbocycles. The number of carboxylic acids is 2. The predicted octanol–water partition coefficient (Wildman–Crippen LogP) is -2.89. The maximum Gasteiger partial charge on any atom is 0.323 e. The van der Waals surface area contributed by atoms with Gasteiger partial charge in [-0.2, -0.15) is 0 Å². The molecule has 15 atom stereocenters. The molecule has 0 unspecified atom stereocenters. The van der Waals surface area contributed by atoms with E-state index in [1.807, 2.05) is 13.8 Å². The van der Waals surface area contributed by atoms with E-state index in [9.17, 15) is 73.2 Å². The number of phenolic OH excluding ortho intramolecular Hbond substituents is 1. The van der Waals surface area contributed by atoms with Crippen molar-refractivity contribution in [2.24, 2.45) is 28.9 Å². The maximum atomic E-state index is 16.0. The molecule has 5 aromatic rings. The van der Waals surface area contributed by atoms with Crippen LogP contribution in [-0.4, -0.2) is 322 Å². The number of fused-ring (bicyclic) bond motifs is 5. The van der Waals surface area contributed by atoms with E-state index in [0.717, 1.165) is 31.4 Å². The quantitative estimate of drug-likeness (QED) is 0.0251. The van der Waals surface area contributed by atoms with Crippen LogP contribution in [0.3, 0.4) is 0 Å². The molecule has 3 aromatic carbocycles. The highest BCUT2D eigenvalue weighted by atomic mass is 32.2. The normalized spacial score (nSPS) is 25.1. The van der Waals surface area contributed by atoms with Gasteiger partial charge in [0, 0.05) is 112 Å². The van der Waals surface area contributed by atoms with Gasteiger partial charge in [-0.25, -0.2) is 0 Å². The van der Waals surface area contributed by atoms with Gasteiger partial charge in [-0.1, -0.05) is 102 Å². The van der Waals surface area contributed by atoms with Gasteiger partial charge in [-0.05, 0) is 118 Å². The molecule has 4 aliphatic rings. The van der Waals surface area contributed by atoms with Crippen molar-refractivity contribution in [3.8, 4) is 5.75 Å². The number of carbonyl (C=O) groups excluding carboxylic acids is 17. The van der Waals surface area contributed by atoms with Crippen LogP contribution in [0.5, 0.6) is 5.75 Å². The number of aromatic nitrogens is 2. The number of benzene rings is 3. The van der Waals surface area contributed by atoms with Crippen LogP contribution >= 0.6 is 11.8 Å². The summed E-state index contributed by atoms with van der Waals surface area (Å²) in [6.07, 6.45) is -0.341. The number of para-hydroxylation sites is 2. The number of aliphatic hydroxyl groups excluding tert-OH is 1. The minimum atomic E-state index is -1.85. The molecule has 0 spiro atoms. The molecule has 45 heteroatoms. The van der Waals surface area contributed by atoms with Crippen molar-refractivity contribution in [2.75, 3.05) is 64.9 Å². The van der Waals surface area contributed by atoms with E-state index in [4.69, 9.17) is 22.9 Å². The van der Waals surface area contributed by atoms with Crippen LogP contribution in [-0.2, 0) is 117 Å². The predicted molar refractivity (Wildman–Crippen MR) is 499 cm³/mol. The topological polar surface area (TPSA) is 667 Å². The summed E-state index contributed by atoms with van der Waals surface area (Å²) in [6.45, 7) is 4.06. The molecule has 2 aromatic heterocycles. The second-order valence-corrected chi connectivity index (χ2v) is 36.6. The highest BCUT2D eigenvalue weighted by molar-refractivity contribution is 8.00. The average molecular weight is 1930 g/mol. The van der Waals surface area contributed by atoms with Crippen molar-refractivity contribution >= 4 is 146 Å². The summed E-state index contributed by atoms with van der Waals surface area (Å²) in [7, 11) is 2.67. The third-order valence-corrected chi connectivity index (χ3v) is 25.8. The molecular formula is C92H129N21O23S. The van der Waals surface area contributed by atoms with Gasteiger partial charge in [-0.15, -0.1) is 11.8 Å². The summed E-state index contributed by atoms with van der Waals surface area (Å²) in [6, 6.07) is -3.09. The molecule has 4 saturated heterocycles. The van der Waals surface area contributed by atoms with E-state index in [0.29, 0.717) is 77.0 Å². The number of aliphatic carboxylic acids is 2. The lowest BCUT2D eigenvalue weighted by molar-refractivity contribution is -0.149. The second kappa shape index (κ2) is 51.0. The minimum Gasteiger partial charge on any atom is -0.508 e. The van der Waals surface area contributed by atoms with Crippen LogP contribution in [0.15, 0.2) is 85.2 Å². The van der Waals surface area contributed by atoms with Crippen molar-refractivity contribution in [1.82, 2.24) is 87.2 Å². The first kappa shape index (κ1) is 107. The van der Waals surface area contributed by atoms with Gasteiger partial charge in [0.05, 0.1) is 24.8 Å². The first-order chi connectivity index (χ1) is 65.2. The van der Waals surface area contributed by atoms with E-state index >= 15 is 38.4 Å². The van der Waals surface area contributed by atoms with E-state index in [2.05, 4.69) is 58.2 Å². The lowest BCUT2D eigenvalue weighted by atomic mass is 9.97. The molecule has 137 heavy (non-hydrogen) atoms. The number of H-pyrrole nitrogens is 1. The van der Waals surface area contributed by atoms with Crippen molar-refractivity contribution in [3.63, 3.8) is 0 Å². The van der Waals surface area contributed by atoms with Crippen LogP contribution < -0.4 is 76.1 Å². The number of amides is 17. The molecule has 0 saturated carbocycles. The molecule has 4 fully saturated rings. The highest BCUT2D eigenvalue weighted by Gasteiger charge is 2.47. The standard InChI is InChI=1S/C92H129N21O23S/c1-7-9-21-69-84(128)102-61(36-50(3)4)81(125)107-67(79(123)98-44-75(96)117)48-137-49-76(118)99-63(37-51-26-28-54(114)29-27-51)90(134)111-34-16-15-24-70(111)85(129)105-65(41-74(95)116)91(135)112-35-17-25-71(112)86(130)106-66(42-94)83(127)101-60(30-31-77(119)120)89(133)113-46-55(115)40-73(113)87(131)103-62(38-52-43-97-58-20-13-11-18-56(52)58)82(126)100-59(32-33-93)80(124)104-64(88(132)109(6)72(22-10-8-2)92(136)108(69)5)39-53-45-110(47-78(121)122)68-23-14-12-19-57(53)68/h11-14,18-20,23,26-29,43,45,50,55,59-67,69-73,97,114-115H,7-10,15-17,21-22,24-25,30-42,44,46-49,93-94H2,1-6H3,(H2,95,116)(H2,96,117)(H,98,123)(H,99,118)(H,100,126)(H,101,127)(H,102,128)(H,103,131)(H,104,124)(H,105,129)(H,106,130)(H,107,125)(H,119,120)(H,121,122)/t55-,59+,60+,61+,62+,63-,64+,65+,66+,67+,69+,70+,71+,72+,73+/m1/s1. The van der Waals surface area contributed by atoms with Gasteiger partial charge in [0.2, 0.25) is 100 Å². The largest absolute Gasteiger partial charge is 0.508 e. The Bertz CT molecular complexity index is 5210. The van der Waals surface area contributed by atoms with Crippen LogP contribution in [0.1, 0.15) is 154 Å². The first-order valence-corrected chi connectivity index (χ1v) is 47.4. The molecule has 0 radical (unpaired) electrons. The highest BCUT2D eigenvalue weighted by Crippen LogP contribution is 2.30. The van der Waals surface area contributed by atoms with Gasteiger partial charge in [0.15, 0.2) is 0 Å². The lowest BCUT2D eigenvalue weighted by Crippen LogP contribution is -2.62. The van der Waals surface area contributed by atoms with Crippen molar-refractivity contribution < 1.29 is 112 Å². The van der Waals surface area contributed by atoms with E-state index in [1.54, 1.807) is 68.6 Å². The van der Waals surface area contributed by atoms with Crippen molar-refractivity contribution in [1.29, 1.82) is 0 Å². The Balaban J connectivity index is 1.11. The number of carboxylic acid groups (broad SMARTS) is 2. The number of aliphatic hydroxyl groups is 1. The fraction of sp³-hybridized carbons (Fsp3) is 0.554. The lowest BCUT2D eigenvalue weighted by Gasteiger charge is -2.38. The van der Waals surface area contributed by atoms with Crippen molar-refractivity contribution in [3.05, 3.63) is 102 Å². The number of hydrogen-bond donors (Lipinski definition) is 19. The fourth-order valence-corrected chi connectivity index (χ4v) is 18.5. The Hall–Kier alpha value is -13.3. The molecule has 9 rings (SSSR count). The molecule has 23 N–H and O–H groups in total. The van der Waals surface area contributed by atoms with Crippen LogP contribution in [0.4, 0.5) is 0 Å². The average Bonchev–Trinajstić information content (AvgIpc) is 1.65. The zero-order valence-corrected chi connectivity index (χ0v) is 78.6. The number of piperidine rings is 1. The zero-order chi connectivity index (χ0) is 100. The number of unbranched alkanes of at least 4 members (excludes halogenated alkanes) is 2. The Morgan fingerprint density at radius 2 is 1.07 bits per heavy atom. The number of carbonyl (C=O) groups is 19. The summed E-state index contributed by atoms with van der Waals surface area (Å²) in [5.41, 5.74) is 25.8. The van der Waals surface area contributed by atoms with Gasteiger partial charge in [-0.3, -0.25) is 91.1 Å². The number of hydrogen-bond acceptors (Lipinski definition) is 24. The molecule has 44 nitrogen and oxygen atoms in total. The summed E-state index contributed by atoms with van der Waals surface area (Å²) >= 11 is 0.791. The molecule has 6 heterocycles. The molecular weight excluding hydrogens is 1800 g/mol. The molecule has 0 bridgehead atoms. The summed E-state index contributed by atoms with van der Waals surface area (Å²) in [4.78, 5) is 284. The van der Waals surface area contributed by atoms with Gasteiger partial charge in [0.1, 0.15) is 96.9 Å².